The van der Waals surface area contributed by atoms with Gasteiger partial charge in [0.1, 0.15) is 11.5 Å². The maximum Gasteiger partial charge on any atom is 0.280 e. The summed E-state index contributed by atoms with van der Waals surface area (Å²) in [4.78, 5) is 3.50. The zero-order valence-corrected chi connectivity index (χ0v) is 7.09. The standard InChI is InChI=1S/C8H10F2N2O/c1-4-5(3-13)2-6(11)12-7(4)8(9)10/h2,8,13H,3H2,1H3,(H2,11,12). The summed E-state index contributed by atoms with van der Waals surface area (Å²) >= 11 is 0. The lowest BCUT2D eigenvalue weighted by atomic mass is 10.1. The number of hydrogen-bond acceptors (Lipinski definition) is 3. The van der Waals surface area contributed by atoms with Gasteiger partial charge in [-0.3, -0.25) is 0 Å². The first-order chi connectivity index (χ1) is 6.06. The Morgan fingerprint density at radius 2 is 2.23 bits per heavy atom. The fourth-order valence-corrected chi connectivity index (χ4v) is 1.08. The zero-order valence-electron chi connectivity index (χ0n) is 7.09. The highest BCUT2D eigenvalue weighted by Gasteiger charge is 2.15. The minimum Gasteiger partial charge on any atom is -0.392 e. The number of nitrogens with zero attached hydrogens (tertiary/aromatic N) is 1. The Hall–Kier alpha value is -1.23. The van der Waals surface area contributed by atoms with E-state index < -0.39 is 6.43 Å². The highest BCUT2D eigenvalue weighted by molar-refractivity contribution is 5.40. The molecule has 0 fully saturated rings. The Kier molecular flexibility index (Phi) is 2.77. The second-order valence-corrected chi connectivity index (χ2v) is 2.68. The number of hydrogen-bond donors (Lipinski definition) is 2. The molecule has 72 valence electrons. The molecule has 0 radical (unpaired) electrons. The molecule has 0 aliphatic heterocycles. The fourth-order valence-electron chi connectivity index (χ4n) is 1.08. The first-order valence-electron chi connectivity index (χ1n) is 3.71. The van der Waals surface area contributed by atoms with Crippen LogP contribution in [0.15, 0.2) is 6.07 Å². The Balaban J connectivity index is 3.27. The van der Waals surface area contributed by atoms with E-state index in [4.69, 9.17) is 10.8 Å². The van der Waals surface area contributed by atoms with E-state index in [1.54, 1.807) is 0 Å². The number of alkyl halides is 2. The number of nitrogen functional groups attached to an aromatic ring is 1. The van der Waals surface area contributed by atoms with Crippen LogP contribution in [-0.4, -0.2) is 10.1 Å². The van der Waals surface area contributed by atoms with Crippen molar-refractivity contribution in [3.8, 4) is 0 Å². The van der Waals surface area contributed by atoms with Gasteiger partial charge in [-0.1, -0.05) is 0 Å². The lowest BCUT2D eigenvalue weighted by molar-refractivity contribution is 0.145. The lowest BCUT2D eigenvalue weighted by Crippen LogP contribution is -2.03. The molecule has 0 unspecified atom stereocenters. The molecule has 13 heavy (non-hydrogen) atoms. The number of aromatic nitrogens is 1. The van der Waals surface area contributed by atoms with Crippen molar-refractivity contribution in [3.63, 3.8) is 0 Å². The number of anilines is 1. The van der Waals surface area contributed by atoms with E-state index in [0.717, 1.165) is 0 Å². The van der Waals surface area contributed by atoms with Crippen molar-refractivity contribution in [3.05, 3.63) is 22.9 Å². The van der Waals surface area contributed by atoms with E-state index in [0.29, 0.717) is 11.1 Å². The van der Waals surface area contributed by atoms with Crippen LogP contribution < -0.4 is 5.73 Å². The van der Waals surface area contributed by atoms with Gasteiger partial charge in [-0.2, -0.15) is 0 Å². The average Bonchev–Trinajstić information content (AvgIpc) is 2.08. The maximum atomic E-state index is 12.3. The smallest absolute Gasteiger partial charge is 0.280 e. The maximum absolute atomic E-state index is 12.3. The van der Waals surface area contributed by atoms with Crippen LogP contribution in [0.3, 0.4) is 0 Å². The van der Waals surface area contributed by atoms with Crippen LogP contribution in [0.2, 0.25) is 0 Å². The zero-order chi connectivity index (χ0) is 10.0. The quantitative estimate of drug-likeness (QED) is 0.737. The Morgan fingerprint density at radius 3 is 2.69 bits per heavy atom. The molecular formula is C8H10F2N2O. The Morgan fingerprint density at radius 1 is 1.62 bits per heavy atom. The molecular weight excluding hydrogens is 178 g/mol. The van der Waals surface area contributed by atoms with Crippen LogP contribution in [0.25, 0.3) is 0 Å². The molecule has 5 heteroatoms. The van der Waals surface area contributed by atoms with Crippen molar-refractivity contribution in [1.29, 1.82) is 0 Å². The number of pyridine rings is 1. The molecule has 0 aromatic carbocycles. The third-order valence-corrected chi connectivity index (χ3v) is 1.81. The van der Waals surface area contributed by atoms with Gasteiger partial charge in [-0.05, 0) is 24.1 Å². The van der Waals surface area contributed by atoms with Gasteiger partial charge in [0.05, 0.1) is 6.61 Å². The normalized spacial score (nSPS) is 10.8. The van der Waals surface area contributed by atoms with E-state index >= 15 is 0 Å². The fraction of sp³-hybridized carbons (Fsp3) is 0.375. The molecule has 3 N–H and O–H groups in total. The van der Waals surface area contributed by atoms with Gasteiger partial charge in [0.15, 0.2) is 0 Å². The van der Waals surface area contributed by atoms with E-state index in [1.807, 2.05) is 0 Å². The number of aliphatic hydroxyl groups excluding tert-OH is 1. The number of aliphatic hydroxyl groups is 1. The molecule has 0 saturated carbocycles. The minimum absolute atomic E-state index is 0.00458. The summed E-state index contributed by atoms with van der Waals surface area (Å²) in [6.45, 7) is 1.18. The largest absolute Gasteiger partial charge is 0.392 e. The molecule has 0 bridgehead atoms. The van der Waals surface area contributed by atoms with Gasteiger partial charge in [0, 0.05) is 0 Å². The molecule has 3 nitrogen and oxygen atoms in total. The van der Waals surface area contributed by atoms with Crippen LogP contribution in [0.5, 0.6) is 0 Å². The van der Waals surface area contributed by atoms with Crippen molar-refractivity contribution in [2.75, 3.05) is 5.73 Å². The van der Waals surface area contributed by atoms with Crippen molar-refractivity contribution in [1.82, 2.24) is 4.98 Å². The molecule has 0 amide bonds. The first-order valence-corrected chi connectivity index (χ1v) is 3.71. The molecule has 0 spiro atoms. The molecule has 1 aromatic heterocycles. The Bertz CT molecular complexity index is 315. The third kappa shape index (κ3) is 1.92. The predicted molar refractivity (Wildman–Crippen MR) is 44.3 cm³/mol. The minimum atomic E-state index is -2.66. The van der Waals surface area contributed by atoms with Gasteiger partial charge in [0.25, 0.3) is 6.43 Å². The van der Waals surface area contributed by atoms with Crippen molar-refractivity contribution in [2.45, 2.75) is 20.0 Å². The van der Waals surface area contributed by atoms with E-state index in [1.165, 1.54) is 13.0 Å². The third-order valence-electron chi connectivity index (χ3n) is 1.81. The van der Waals surface area contributed by atoms with Gasteiger partial charge in [-0.25, -0.2) is 13.8 Å². The van der Waals surface area contributed by atoms with Crippen molar-refractivity contribution in [2.24, 2.45) is 0 Å². The molecule has 1 rings (SSSR count). The van der Waals surface area contributed by atoms with Gasteiger partial charge in [-0.15, -0.1) is 0 Å². The highest BCUT2D eigenvalue weighted by Crippen LogP contribution is 2.24. The second-order valence-electron chi connectivity index (χ2n) is 2.68. The Labute approximate surface area is 74.2 Å². The summed E-state index contributed by atoms with van der Waals surface area (Å²) in [5.41, 5.74) is 5.62. The summed E-state index contributed by atoms with van der Waals surface area (Å²) in [6, 6.07) is 1.39. The van der Waals surface area contributed by atoms with Gasteiger partial charge >= 0.3 is 0 Å². The van der Waals surface area contributed by atoms with E-state index in [9.17, 15) is 8.78 Å². The number of rotatable bonds is 2. The van der Waals surface area contributed by atoms with Gasteiger partial charge < -0.3 is 10.8 Å². The molecule has 0 aliphatic rings. The summed E-state index contributed by atoms with van der Waals surface area (Å²) < 4.78 is 24.6. The van der Waals surface area contributed by atoms with Crippen molar-refractivity contribution < 1.29 is 13.9 Å². The van der Waals surface area contributed by atoms with E-state index in [-0.39, 0.29) is 18.1 Å². The van der Waals surface area contributed by atoms with E-state index in [2.05, 4.69) is 4.98 Å². The average molecular weight is 188 g/mol. The molecule has 1 aromatic rings. The molecule has 0 aliphatic carbocycles. The first kappa shape index (κ1) is 9.85. The summed E-state index contributed by atoms with van der Waals surface area (Å²) in [6.07, 6.45) is -2.66. The second kappa shape index (κ2) is 3.66. The molecule has 0 saturated heterocycles. The van der Waals surface area contributed by atoms with Crippen LogP contribution in [0.1, 0.15) is 23.2 Å². The SMILES string of the molecule is Cc1c(CO)cc(N)nc1C(F)F. The van der Waals surface area contributed by atoms with Gasteiger partial charge in [0.2, 0.25) is 0 Å². The molecule has 0 atom stereocenters. The monoisotopic (exact) mass is 188 g/mol. The summed E-state index contributed by atoms with van der Waals surface area (Å²) in [5, 5.41) is 8.82. The highest BCUT2D eigenvalue weighted by atomic mass is 19.3. The molecule has 1 heterocycles. The topological polar surface area (TPSA) is 59.1 Å². The number of nitrogens with two attached hydrogens (primary N) is 1. The number of halogens is 2. The van der Waals surface area contributed by atoms with Crippen LogP contribution in [0.4, 0.5) is 14.6 Å². The summed E-state index contributed by atoms with van der Waals surface area (Å²) in [5.74, 6) is 0.00458. The van der Waals surface area contributed by atoms with Crippen molar-refractivity contribution >= 4 is 5.82 Å². The predicted octanol–water partition coefficient (Wildman–Crippen LogP) is 1.40. The van der Waals surface area contributed by atoms with Crippen LogP contribution in [0, 0.1) is 6.92 Å². The van der Waals surface area contributed by atoms with Crippen LogP contribution >= 0.6 is 0 Å². The lowest BCUT2D eigenvalue weighted by Gasteiger charge is -2.08. The van der Waals surface area contributed by atoms with Crippen LogP contribution in [-0.2, 0) is 6.61 Å². The summed E-state index contributed by atoms with van der Waals surface area (Å²) in [7, 11) is 0.